The van der Waals surface area contributed by atoms with Gasteiger partial charge < -0.3 is 20.3 Å². The van der Waals surface area contributed by atoms with Gasteiger partial charge in [-0.15, -0.1) is 11.8 Å². The molecule has 6 aliphatic rings. The molecule has 6 nitrogen and oxygen atoms in total. The van der Waals surface area contributed by atoms with Crippen molar-refractivity contribution in [1.29, 1.82) is 0 Å². The van der Waals surface area contributed by atoms with Gasteiger partial charge in [-0.3, -0.25) is 9.59 Å². The van der Waals surface area contributed by atoms with E-state index in [1.165, 1.54) is 5.56 Å². The number of carbonyl (C=O) groups excluding carboxylic acids is 2. The number of aromatic nitrogens is 1. The number of carbonyl (C=O) groups is 2. The Bertz CT molecular complexity index is 992. The number of ketones is 2. The van der Waals surface area contributed by atoms with Crippen LogP contribution in [0.25, 0.3) is 0 Å². The third-order valence-corrected chi connectivity index (χ3v) is 8.47. The minimum absolute atomic E-state index is 0.00546. The molecule has 1 aromatic rings. The summed E-state index contributed by atoms with van der Waals surface area (Å²) in [6.45, 7) is 0.809. The number of aromatic amines is 1. The molecular weight excluding hydrogens is 338 g/mol. The van der Waals surface area contributed by atoms with Crippen molar-refractivity contribution in [1.82, 2.24) is 10.3 Å². The topological polar surface area (TPSA) is 86.6 Å². The van der Waals surface area contributed by atoms with Crippen LogP contribution in [0.3, 0.4) is 0 Å². The van der Waals surface area contributed by atoms with Gasteiger partial charge >= 0.3 is 0 Å². The molecule has 2 aliphatic carbocycles. The predicted octanol–water partition coefficient (Wildman–Crippen LogP) is -0.790. The number of hydrogen-bond acceptors (Lipinski definition) is 5. The maximum atomic E-state index is 13.2. The van der Waals surface area contributed by atoms with Crippen molar-refractivity contribution in [3.05, 3.63) is 45.3 Å². The average Bonchev–Trinajstić information content (AvgIpc) is 3.13. The molecule has 4 N–H and O–H groups in total. The normalized spacial score (nSPS) is 44.7. The van der Waals surface area contributed by atoms with Crippen LogP contribution in [0, 0.1) is 5.41 Å². The number of nitrogens with one attached hydrogen (secondary N) is 3. The summed E-state index contributed by atoms with van der Waals surface area (Å²) < 4.78 is 0. The second-order valence-electron chi connectivity index (χ2n) is 7.99. The molecule has 1 spiro atoms. The summed E-state index contributed by atoms with van der Waals surface area (Å²) >= 11 is 1.61. The van der Waals surface area contributed by atoms with E-state index in [1.807, 2.05) is 6.20 Å². The molecule has 7 rings (SSSR count). The summed E-state index contributed by atoms with van der Waals surface area (Å²) in [5.41, 5.74) is 4.13. The second kappa shape index (κ2) is 3.79. The Kier molecular flexibility index (Phi) is 2.03. The molecule has 0 saturated carbocycles. The first-order valence-corrected chi connectivity index (χ1v) is 9.71. The molecular formula is C18H16N3O3S+. The van der Waals surface area contributed by atoms with Crippen LogP contribution in [0.15, 0.2) is 28.4 Å². The standard InChI is InChI=1S/C18H15N3O3S/c22-7-3-8-18-4-9(25-8)20-13-11(18)15-10-6(5-19-12(10)16(13)23)1-2-21(15)14(7)17(18)24/h3,5,9,14-15,17,19-20,24H,1-2,4H2/p+1/t9-,14+,15?,17+,18+/m0/s1. The van der Waals surface area contributed by atoms with E-state index in [4.69, 9.17) is 0 Å². The number of allylic oxidation sites excluding steroid dienone is 1. The third-order valence-electron chi connectivity index (χ3n) is 7.16. The first-order chi connectivity index (χ1) is 12.1. The van der Waals surface area contributed by atoms with Crippen LogP contribution in [0.4, 0.5) is 0 Å². The molecule has 2 fully saturated rings. The fourth-order valence-corrected chi connectivity index (χ4v) is 7.84. The lowest BCUT2D eigenvalue weighted by Gasteiger charge is -2.56. The smallest absolute Gasteiger partial charge is 0.225 e. The Morgan fingerprint density at radius 1 is 1.36 bits per heavy atom. The Morgan fingerprint density at radius 3 is 3.12 bits per heavy atom. The SMILES string of the molecule is O=C1C2=C3C4c5c(c[nH]c51)CC[NH+]4[C@@H]1C(=O)C=C4S[C@@H](C[C@@]43[C@@H]1O)N2. The Balaban J connectivity index is 1.65. The van der Waals surface area contributed by atoms with Gasteiger partial charge in [0, 0.05) is 28.7 Å². The van der Waals surface area contributed by atoms with E-state index in [0.717, 1.165) is 40.3 Å². The molecule has 6 atom stereocenters. The van der Waals surface area contributed by atoms with Crippen molar-refractivity contribution < 1.29 is 19.6 Å². The molecule has 0 radical (unpaired) electrons. The highest BCUT2D eigenvalue weighted by Gasteiger charge is 2.71. The molecule has 25 heavy (non-hydrogen) atoms. The maximum absolute atomic E-state index is 13.2. The summed E-state index contributed by atoms with van der Waals surface area (Å²) in [6, 6.07) is -0.411. The van der Waals surface area contributed by atoms with E-state index < -0.39 is 17.6 Å². The molecule has 0 aromatic carbocycles. The quantitative estimate of drug-likeness (QED) is 0.491. The summed E-state index contributed by atoms with van der Waals surface area (Å²) in [4.78, 5) is 31.3. The van der Waals surface area contributed by atoms with Gasteiger partial charge in [0.05, 0.1) is 28.7 Å². The highest BCUT2D eigenvalue weighted by molar-refractivity contribution is 8.04. The predicted molar refractivity (Wildman–Crippen MR) is 88.9 cm³/mol. The molecule has 4 aliphatic heterocycles. The lowest BCUT2D eigenvalue weighted by Crippen LogP contribution is -3.21. The van der Waals surface area contributed by atoms with Crippen LogP contribution < -0.4 is 10.2 Å². The van der Waals surface area contributed by atoms with Crippen LogP contribution in [-0.2, 0) is 11.2 Å². The van der Waals surface area contributed by atoms with Crippen LogP contribution in [0.1, 0.15) is 34.1 Å². The van der Waals surface area contributed by atoms with Gasteiger partial charge in [-0.25, -0.2) is 0 Å². The van der Waals surface area contributed by atoms with Crippen LogP contribution in [0.5, 0.6) is 0 Å². The summed E-state index contributed by atoms with van der Waals surface area (Å²) in [5.74, 6) is 0.0587. The molecule has 3 bridgehead atoms. The van der Waals surface area contributed by atoms with E-state index in [-0.39, 0.29) is 23.0 Å². The number of aliphatic hydroxyl groups is 1. The number of aliphatic hydroxyl groups excluding tert-OH is 1. The molecule has 0 amide bonds. The van der Waals surface area contributed by atoms with Crippen molar-refractivity contribution in [2.24, 2.45) is 5.41 Å². The van der Waals surface area contributed by atoms with E-state index in [0.29, 0.717) is 11.4 Å². The van der Waals surface area contributed by atoms with Crippen molar-refractivity contribution in [3.63, 3.8) is 0 Å². The molecule has 2 saturated heterocycles. The minimum atomic E-state index is -0.731. The zero-order chi connectivity index (χ0) is 16.7. The van der Waals surface area contributed by atoms with E-state index in [1.54, 1.807) is 17.8 Å². The molecule has 5 heterocycles. The number of Topliss-reactive ketones (excluding diaryl/α,β-unsaturated/α-hetero) is 1. The van der Waals surface area contributed by atoms with Gasteiger partial charge in [-0.2, -0.15) is 0 Å². The number of hydrogen-bond donors (Lipinski definition) is 4. The van der Waals surface area contributed by atoms with Crippen molar-refractivity contribution in [2.45, 2.75) is 36.4 Å². The van der Waals surface area contributed by atoms with E-state index in [9.17, 15) is 14.7 Å². The van der Waals surface area contributed by atoms with Crippen molar-refractivity contribution >= 4 is 23.3 Å². The summed E-state index contributed by atoms with van der Waals surface area (Å²) in [6.07, 6.45) is 4.58. The maximum Gasteiger partial charge on any atom is 0.225 e. The van der Waals surface area contributed by atoms with Crippen molar-refractivity contribution in [2.75, 3.05) is 6.54 Å². The van der Waals surface area contributed by atoms with Gasteiger partial charge in [0.2, 0.25) is 11.6 Å². The second-order valence-corrected chi connectivity index (χ2v) is 9.23. The van der Waals surface area contributed by atoms with Gasteiger partial charge in [0.15, 0.2) is 6.04 Å². The number of quaternary nitrogens is 1. The zero-order valence-corrected chi connectivity index (χ0v) is 14.1. The monoisotopic (exact) mass is 354 g/mol. The summed E-state index contributed by atoms with van der Waals surface area (Å²) in [5, 5.41) is 14.8. The van der Waals surface area contributed by atoms with Crippen LogP contribution in [-0.4, -0.2) is 45.7 Å². The third kappa shape index (κ3) is 1.19. The average molecular weight is 354 g/mol. The lowest BCUT2D eigenvalue weighted by molar-refractivity contribution is -0.953. The zero-order valence-electron chi connectivity index (χ0n) is 13.3. The fourth-order valence-electron chi connectivity index (χ4n) is 6.30. The summed E-state index contributed by atoms with van der Waals surface area (Å²) in [7, 11) is 0. The molecule has 7 heteroatoms. The number of H-pyrrole nitrogens is 1. The highest BCUT2D eigenvalue weighted by atomic mass is 32.2. The Morgan fingerprint density at radius 2 is 2.24 bits per heavy atom. The largest absolute Gasteiger partial charge is 0.385 e. The van der Waals surface area contributed by atoms with Gasteiger partial charge in [-0.05, 0) is 18.1 Å². The number of piperidine rings is 1. The first-order valence-electron chi connectivity index (χ1n) is 8.83. The van der Waals surface area contributed by atoms with Crippen molar-refractivity contribution in [3.8, 4) is 0 Å². The van der Waals surface area contributed by atoms with E-state index >= 15 is 0 Å². The molecule has 126 valence electrons. The highest BCUT2D eigenvalue weighted by Crippen LogP contribution is 2.65. The minimum Gasteiger partial charge on any atom is -0.385 e. The van der Waals surface area contributed by atoms with Gasteiger partial charge in [-0.1, -0.05) is 0 Å². The number of fused-ring (bicyclic) bond motifs is 3. The van der Waals surface area contributed by atoms with Crippen LogP contribution >= 0.6 is 11.8 Å². The molecule has 1 aromatic heterocycles. The number of thioether (sulfide) groups is 1. The van der Waals surface area contributed by atoms with E-state index in [2.05, 4.69) is 10.3 Å². The van der Waals surface area contributed by atoms with Gasteiger partial charge in [0.25, 0.3) is 0 Å². The fraction of sp³-hybridized carbons (Fsp3) is 0.444. The first kappa shape index (κ1) is 13.4. The Hall–Kier alpha value is -1.83. The Labute approximate surface area is 147 Å². The molecule has 2 unspecified atom stereocenters. The lowest BCUT2D eigenvalue weighted by atomic mass is 9.56. The number of rotatable bonds is 0. The van der Waals surface area contributed by atoms with Crippen LogP contribution in [0.2, 0.25) is 0 Å². The van der Waals surface area contributed by atoms with Gasteiger partial charge in [0.1, 0.15) is 12.1 Å².